The third kappa shape index (κ3) is 28.7. The van der Waals surface area contributed by atoms with Crippen molar-refractivity contribution < 1.29 is 80.7 Å². The molecule has 2 amide bonds. The average molecular weight is 745 g/mol. The Labute approximate surface area is 292 Å². The van der Waals surface area contributed by atoms with Gasteiger partial charge in [-0.25, -0.2) is 23.7 Å². The van der Waals surface area contributed by atoms with Gasteiger partial charge in [-0.05, 0) is 34.6 Å². The molecule has 0 spiro atoms. The minimum Gasteiger partial charge on any atom is -0.460 e. The lowest BCUT2D eigenvalue weighted by Gasteiger charge is -2.22. The maximum atomic E-state index is 12.0. The lowest BCUT2D eigenvalue weighted by atomic mass is 10.3. The predicted octanol–water partition coefficient (Wildman–Crippen LogP) is 1.40. The first-order chi connectivity index (χ1) is 23.5. The Hall–Kier alpha value is -3.13. The summed E-state index contributed by atoms with van der Waals surface area (Å²) in [4.78, 5) is 64.6. The molecule has 0 bridgehead atoms. The fourth-order valence-corrected chi connectivity index (χ4v) is 3.75. The van der Waals surface area contributed by atoms with E-state index >= 15 is 0 Å². The monoisotopic (exact) mass is 744 g/mol. The van der Waals surface area contributed by atoms with Crippen LogP contribution in [0.3, 0.4) is 0 Å². The van der Waals surface area contributed by atoms with Crippen LogP contribution in [0.2, 0.25) is 0 Å². The van der Waals surface area contributed by atoms with Gasteiger partial charge in [0.1, 0.15) is 31.5 Å². The highest BCUT2D eigenvalue weighted by Crippen LogP contribution is 2.37. The van der Waals surface area contributed by atoms with Gasteiger partial charge in [0.15, 0.2) is 0 Å². The van der Waals surface area contributed by atoms with Crippen molar-refractivity contribution >= 4 is 31.9 Å². The molecular formula is C30H53N2O17P. The summed E-state index contributed by atoms with van der Waals surface area (Å²) < 4.78 is 63.3. The molecule has 4 N–H and O–H groups in total. The minimum atomic E-state index is -4.73. The number of carbonyl (C=O) groups is 4. The second-order valence-electron chi connectivity index (χ2n) is 10.8. The molecule has 0 heterocycles. The second-order valence-corrected chi connectivity index (χ2v) is 12.0. The van der Waals surface area contributed by atoms with Gasteiger partial charge in [-0.2, -0.15) is 0 Å². The van der Waals surface area contributed by atoms with E-state index in [9.17, 15) is 23.7 Å². The number of ether oxygens (including phenoxy) is 9. The zero-order valence-corrected chi connectivity index (χ0v) is 30.3. The number of nitrogens with one attached hydrogen (secondary N) is 2. The van der Waals surface area contributed by atoms with Gasteiger partial charge < -0.3 is 63.1 Å². The molecule has 3 unspecified atom stereocenters. The van der Waals surface area contributed by atoms with Gasteiger partial charge in [0.05, 0.1) is 65.6 Å². The molecule has 290 valence electrons. The van der Waals surface area contributed by atoms with Crippen LogP contribution in [0, 0.1) is 0 Å². The molecule has 0 rings (SSSR count). The normalized spacial score (nSPS) is 13.7. The topological polar surface area (TPSA) is 242 Å². The Balaban J connectivity index is 4.45. The van der Waals surface area contributed by atoms with E-state index in [1.807, 2.05) is 0 Å². The average Bonchev–Trinajstić information content (AvgIpc) is 3.01. The highest BCUT2D eigenvalue weighted by molar-refractivity contribution is 7.46. The zero-order chi connectivity index (χ0) is 38.0. The number of esters is 2. The van der Waals surface area contributed by atoms with Crippen molar-refractivity contribution in [3.8, 4) is 0 Å². The van der Waals surface area contributed by atoms with Crippen molar-refractivity contribution in [1.29, 1.82) is 0 Å². The first-order valence-corrected chi connectivity index (χ1v) is 17.2. The molecule has 0 aliphatic heterocycles. The van der Waals surface area contributed by atoms with Gasteiger partial charge >= 0.3 is 31.9 Å². The molecule has 0 fully saturated rings. The van der Waals surface area contributed by atoms with Crippen molar-refractivity contribution in [2.75, 3.05) is 85.8 Å². The summed E-state index contributed by atoms with van der Waals surface area (Å²) in [6.45, 7) is 15.3. The Morgan fingerprint density at radius 1 is 0.620 bits per heavy atom. The maximum absolute atomic E-state index is 12.0. The second kappa shape index (κ2) is 27.6. The van der Waals surface area contributed by atoms with Gasteiger partial charge in [-0.15, -0.1) is 0 Å². The lowest BCUT2D eigenvalue weighted by Crippen LogP contribution is -2.35. The molecule has 0 aromatic rings. The number of hydrogen-bond donors (Lipinski definition) is 4. The van der Waals surface area contributed by atoms with Crippen molar-refractivity contribution in [2.24, 2.45) is 0 Å². The van der Waals surface area contributed by atoms with Crippen LogP contribution in [-0.4, -0.2) is 144 Å². The van der Waals surface area contributed by atoms with Crippen molar-refractivity contribution in [3.63, 3.8) is 0 Å². The molecular weight excluding hydrogens is 691 g/mol. The first-order valence-electron chi connectivity index (χ1n) is 15.7. The molecule has 0 radical (unpaired) electrons. The Kier molecular flexibility index (Phi) is 25.8. The van der Waals surface area contributed by atoms with E-state index in [1.165, 1.54) is 20.8 Å². The SMILES string of the molecule is C=C(C)C(=O)OCCOCCNC(=O)OC(C)COCC(COCC(C)OC(=O)NCCOCCOC(=O)C(=C)C)OCC(C)OP(=O)(O)O. The molecule has 20 heteroatoms. The van der Waals surface area contributed by atoms with Crippen LogP contribution in [0.5, 0.6) is 0 Å². The third-order valence-corrected chi connectivity index (χ3v) is 6.10. The minimum absolute atomic E-state index is 0.0184. The summed E-state index contributed by atoms with van der Waals surface area (Å²) in [5.74, 6) is -1.03. The van der Waals surface area contributed by atoms with Crippen LogP contribution in [0.4, 0.5) is 9.59 Å². The van der Waals surface area contributed by atoms with Gasteiger partial charge in [-0.3, -0.25) is 4.52 Å². The van der Waals surface area contributed by atoms with Gasteiger partial charge in [0, 0.05) is 24.2 Å². The van der Waals surface area contributed by atoms with E-state index in [-0.39, 0.29) is 96.9 Å². The summed E-state index contributed by atoms with van der Waals surface area (Å²) in [6.07, 6.45) is -4.42. The smallest absolute Gasteiger partial charge is 0.460 e. The summed E-state index contributed by atoms with van der Waals surface area (Å²) in [6, 6.07) is 0. The Morgan fingerprint density at radius 2 is 1.04 bits per heavy atom. The number of amides is 2. The maximum Gasteiger partial charge on any atom is 0.469 e. The molecule has 0 aliphatic rings. The number of phosphoric acid groups is 1. The molecule has 0 aliphatic carbocycles. The first kappa shape index (κ1) is 46.9. The van der Waals surface area contributed by atoms with Crippen LogP contribution >= 0.6 is 7.82 Å². The molecule has 0 saturated carbocycles. The summed E-state index contributed by atoms with van der Waals surface area (Å²) >= 11 is 0. The summed E-state index contributed by atoms with van der Waals surface area (Å²) in [7, 11) is -4.73. The van der Waals surface area contributed by atoms with Crippen molar-refractivity contribution in [1.82, 2.24) is 10.6 Å². The molecule has 0 saturated heterocycles. The standard InChI is InChI=1S/C30H53N2O17P/c1-21(2)27(33)44-14-12-40-10-8-31-29(35)47-23(5)16-42-19-26(46-18-25(7)49-50(37,38)39)20-43-17-24(6)48-30(36)32-9-11-41-13-15-45-28(34)22(3)4/h23-26H,1,3,8-20H2,2,4-7H3,(H,31,35)(H,32,36)(H2,37,38,39). The number of hydrogen-bond acceptors (Lipinski definition) is 15. The van der Waals surface area contributed by atoms with E-state index < -0.39 is 56.4 Å². The molecule has 19 nitrogen and oxygen atoms in total. The highest BCUT2D eigenvalue weighted by atomic mass is 31.2. The number of alkyl carbamates (subject to hydrolysis) is 2. The van der Waals surface area contributed by atoms with Crippen LogP contribution in [-0.2, 0) is 61.3 Å². The Morgan fingerprint density at radius 3 is 1.42 bits per heavy atom. The molecule has 50 heavy (non-hydrogen) atoms. The molecule has 0 aromatic heterocycles. The molecule has 0 aromatic carbocycles. The predicted molar refractivity (Wildman–Crippen MR) is 175 cm³/mol. The van der Waals surface area contributed by atoms with E-state index in [1.54, 1.807) is 13.8 Å². The van der Waals surface area contributed by atoms with E-state index in [0.29, 0.717) is 0 Å². The van der Waals surface area contributed by atoms with E-state index in [4.69, 9.17) is 52.4 Å². The number of rotatable bonds is 29. The number of carbonyl (C=O) groups excluding carboxylic acids is 4. The zero-order valence-electron chi connectivity index (χ0n) is 29.4. The van der Waals surface area contributed by atoms with Gasteiger partial charge in [0.2, 0.25) is 0 Å². The lowest BCUT2D eigenvalue weighted by molar-refractivity contribution is -0.141. The third-order valence-electron chi connectivity index (χ3n) is 5.46. The molecule has 3 atom stereocenters. The van der Waals surface area contributed by atoms with Crippen molar-refractivity contribution in [2.45, 2.75) is 59.0 Å². The van der Waals surface area contributed by atoms with Crippen LogP contribution in [0.25, 0.3) is 0 Å². The van der Waals surface area contributed by atoms with Crippen LogP contribution in [0.15, 0.2) is 24.3 Å². The van der Waals surface area contributed by atoms with Gasteiger partial charge in [0.25, 0.3) is 0 Å². The highest BCUT2D eigenvalue weighted by Gasteiger charge is 2.21. The summed E-state index contributed by atoms with van der Waals surface area (Å²) in [5.41, 5.74) is 0.563. The largest absolute Gasteiger partial charge is 0.469 e. The fraction of sp³-hybridized carbons (Fsp3) is 0.733. The van der Waals surface area contributed by atoms with E-state index in [0.717, 1.165) is 0 Å². The Bertz CT molecular complexity index is 1020. The van der Waals surface area contributed by atoms with E-state index in [2.05, 4.69) is 28.3 Å². The fourth-order valence-electron chi connectivity index (χ4n) is 3.22. The van der Waals surface area contributed by atoms with Gasteiger partial charge in [-0.1, -0.05) is 13.2 Å². The quantitative estimate of drug-likeness (QED) is 0.0278. The van der Waals surface area contributed by atoms with Crippen molar-refractivity contribution in [3.05, 3.63) is 24.3 Å². The van der Waals surface area contributed by atoms with Crippen LogP contribution < -0.4 is 10.6 Å². The van der Waals surface area contributed by atoms with Crippen LogP contribution in [0.1, 0.15) is 34.6 Å². The summed E-state index contributed by atoms with van der Waals surface area (Å²) in [5, 5.41) is 5.02. The number of phosphoric ester groups is 1.